The monoisotopic (exact) mass is 452 g/mol. The molecule has 0 aliphatic heterocycles. The Morgan fingerprint density at radius 1 is 0.724 bits per heavy atom. The summed E-state index contributed by atoms with van der Waals surface area (Å²) in [5, 5.41) is 0. The molecule has 0 fully saturated rings. The van der Waals surface area contributed by atoms with E-state index in [2.05, 4.69) is 11.3 Å². The van der Waals surface area contributed by atoms with Gasteiger partial charge in [-0.3, -0.25) is 0 Å². The minimum absolute atomic E-state index is 0.253. The summed E-state index contributed by atoms with van der Waals surface area (Å²) in [6.45, 7) is 3.33. The van der Waals surface area contributed by atoms with E-state index in [1.165, 1.54) is 18.2 Å². The molecule has 0 unspecified atom stereocenters. The van der Waals surface area contributed by atoms with Crippen molar-refractivity contribution < 1.29 is 61.8 Å². The topological polar surface area (TPSA) is 9.23 Å². The summed E-state index contributed by atoms with van der Waals surface area (Å²) in [6, 6.07) is 0. The molecule has 14 heteroatoms. The Balaban J connectivity index is 3.24. The van der Waals surface area contributed by atoms with Crippen LogP contribution in [0.5, 0.6) is 0 Å². The van der Waals surface area contributed by atoms with Crippen LogP contribution < -0.4 is 0 Å². The van der Waals surface area contributed by atoms with Crippen LogP contribution in [-0.2, 0) is 4.74 Å². The molecule has 0 aromatic rings. The maximum atomic E-state index is 13.4. The molecule has 0 saturated carbocycles. The summed E-state index contributed by atoms with van der Waals surface area (Å²) in [5.41, 5.74) is 0.0570. The number of halogens is 13. The molecular weight excluding hydrogens is 443 g/mol. The summed E-state index contributed by atoms with van der Waals surface area (Å²) in [7, 11) is 0. The molecule has 1 aliphatic rings. The average Bonchev–Trinajstić information content (AvgIpc) is 2.58. The van der Waals surface area contributed by atoms with Crippen molar-refractivity contribution in [3.63, 3.8) is 0 Å². The van der Waals surface area contributed by atoms with Crippen LogP contribution >= 0.6 is 0 Å². The zero-order valence-corrected chi connectivity index (χ0v) is 13.6. The molecule has 1 nitrogen and oxygen atoms in total. The Hall–Kier alpha value is -2.15. The lowest BCUT2D eigenvalue weighted by Gasteiger charge is -2.38. The number of allylic oxidation sites excluding steroid dienone is 6. The van der Waals surface area contributed by atoms with E-state index in [1.807, 2.05) is 0 Å². The molecule has 29 heavy (non-hydrogen) atoms. The minimum Gasteiger partial charge on any atom is -0.436 e. The fourth-order valence-corrected chi connectivity index (χ4v) is 1.79. The van der Waals surface area contributed by atoms with E-state index in [1.54, 1.807) is 0 Å². The van der Waals surface area contributed by atoms with E-state index in [0.717, 1.165) is 6.08 Å². The molecule has 1 aliphatic carbocycles. The first-order chi connectivity index (χ1) is 12.8. The first kappa shape index (κ1) is 24.9. The molecule has 166 valence electrons. The highest BCUT2D eigenvalue weighted by molar-refractivity contribution is 5.39. The Morgan fingerprint density at radius 2 is 1.21 bits per heavy atom. The summed E-state index contributed by atoms with van der Waals surface area (Å²) in [4.78, 5) is 0. The Kier molecular flexibility index (Phi) is 6.24. The normalized spacial score (nSPS) is 18.7. The predicted octanol–water partition coefficient (Wildman–Crippen LogP) is 6.66. The van der Waals surface area contributed by atoms with Gasteiger partial charge in [-0.2, -0.15) is 57.1 Å². The fourth-order valence-electron chi connectivity index (χ4n) is 1.79. The van der Waals surface area contributed by atoms with Gasteiger partial charge >= 0.3 is 36.0 Å². The van der Waals surface area contributed by atoms with Gasteiger partial charge in [0.15, 0.2) is 0 Å². The van der Waals surface area contributed by atoms with Crippen molar-refractivity contribution in [3.05, 3.63) is 48.3 Å². The summed E-state index contributed by atoms with van der Waals surface area (Å²) in [5.74, 6) is -31.1. The van der Waals surface area contributed by atoms with Crippen LogP contribution in [0, 0.1) is 0 Å². The first-order valence-corrected chi connectivity index (χ1v) is 7.09. The maximum Gasteiger partial charge on any atom is 0.470 e. The quantitative estimate of drug-likeness (QED) is 0.310. The molecule has 0 atom stereocenters. The average molecular weight is 452 g/mol. The highest BCUT2D eigenvalue weighted by atomic mass is 19.4. The zero-order valence-electron chi connectivity index (χ0n) is 13.6. The molecule has 0 N–H and O–H groups in total. The van der Waals surface area contributed by atoms with Gasteiger partial charge in [0.05, 0.1) is 6.26 Å². The van der Waals surface area contributed by atoms with Crippen LogP contribution in [0.3, 0.4) is 0 Å². The minimum atomic E-state index is -7.95. The fraction of sp³-hybridized carbons (Fsp3) is 0.467. The van der Waals surface area contributed by atoms with E-state index >= 15 is 0 Å². The van der Waals surface area contributed by atoms with Crippen molar-refractivity contribution >= 4 is 0 Å². The van der Waals surface area contributed by atoms with E-state index in [0.29, 0.717) is 5.57 Å². The van der Waals surface area contributed by atoms with Gasteiger partial charge in [0.25, 0.3) is 0 Å². The smallest absolute Gasteiger partial charge is 0.436 e. The van der Waals surface area contributed by atoms with Gasteiger partial charge < -0.3 is 4.74 Å². The lowest BCUT2D eigenvalue weighted by atomic mass is 9.97. The zero-order chi connectivity index (χ0) is 23.1. The largest absolute Gasteiger partial charge is 0.470 e. The van der Waals surface area contributed by atoms with Gasteiger partial charge in [-0.15, -0.1) is 0 Å². The number of ether oxygens (including phenoxy) is 1. The standard InChI is InChI=1S/C15H9F13O/c1-2-8-3-5-9(6-4-8)7-29-15(27,28)13(22,23)11(18,19)10(16,17)12(20,21)14(24,25)26/h2-5,7H,1,6H2. The molecule has 0 heterocycles. The van der Waals surface area contributed by atoms with Gasteiger partial charge in [0, 0.05) is 0 Å². The van der Waals surface area contributed by atoms with Crippen molar-refractivity contribution in [3.8, 4) is 0 Å². The second kappa shape index (κ2) is 7.27. The molecular formula is C15H9F13O. The van der Waals surface area contributed by atoms with Crippen LogP contribution in [0.25, 0.3) is 0 Å². The van der Waals surface area contributed by atoms with Crippen molar-refractivity contribution in [2.75, 3.05) is 0 Å². The number of hydrogen-bond acceptors (Lipinski definition) is 1. The van der Waals surface area contributed by atoms with E-state index in [-0.39, 0.29) is 18.3 Å². The third kappa shape index (κ3) is 3.97. The van der Waals surface area contributed by atoms with Gasteiger partial charge in [0.1, 0.15) is 0 Å². The number of rotatable bonds is 7. The summed E-state index contributed by atoms with van der Waals surface area (Å²) < 4.78 is 170. The van der Waals surface area contributed by atoms with Crippen LogP contribution in [0.1, 0.15) is 6.42 Å². The predicted molar refractivity (Wildman–Crippen MR) is 72.0 cm³/mol. The van der Waals surface area contributed by atoms with Crippen molar-refractivity contribution in [1.82, 2.24) is 0 Å². The first-order valence-electron chi connectivity index (χ1n) is 7.09. The molecule has 0 spiro atoms. The van der Waals surface area contributed by atoms with Gasteiger partial charge in [-0.05, 0) is 17.6 Å². The molecule has 0 saturated heterocycles. The van der Waals surface area contributed by atoms with Gasteiger partial charge in [-0.25, -0.2) is 0 Å². The summed E-state index contributed by atoms with van der Waals surface area (Å²) >= 11 is 0. The highest BCUT2D eigenvalue weighted by Crippen LogP contribution is 2.60. The maximum absolute atomic E-state index is 13.4. The third-order valence-electron chi connectivity index (χ3n) is 3.56. The Morgan fingerprint density at radius 3 is 1.59 bits per heavy atom. The van der Waals surface area contributed by atoms with E-state index < -0.39 is 36.0 Å². The molecule has 1 rings (SSSR count). The third-order valence-corrected chi connectivity index (χ3v) is 3.56. The van der Waals surface area contributed by atoms with Crippen LogP contribution in [0.15, 0.2) is 48.3 Å². The molecule has 0 aromatic carbocycles. The molecule has 0 bridgehead atoms. The highest BCUT2D eigenvalue weighted by Gasteiger charge is 2.91. The van der Waals surface area contributed by atoms with Crippen LogP contribution in [0.2, 0.25) is 0 Å². The van der Waals surface area contributed by atoms with E-state index in [9.17, 15) is 57.1 Å². The number of hydrogen-bond donors (Lipinski definition) is 0. The second-order valence-corrected chi connectivity index (χ2v) is 5.57. The van der Waals surface area contributed by atoms with Crippen molar-refractivity contribution in [2.24, 2.45) is 0 Å². The molecule has 0 aromatic heterocycles. The lowest BCUT2D eigenvalue weighted by molar-refractivity contribution is -0.461. The lowest BCUT2D eigenvalue weighted by Crippen LogP contribution is -2.70. The van der Waals surface area contributed by atoms with E-state index in [4.69, 9.17) is 0 Å². The SMILES string of the molecule is C=CC1=CCC(=COC(F)(F)C(F)(F)C(F)(F)C(F)(F)C(F)(F)C(F)(F)F)C=C1. The second-order valence-electron chi connectivity index (χ2n) is 5.57. The van der Waals surface area contributed by atoms with Crippen molar-refractivity contribution in [1.29, 1.82) is 0 Å². The van der Waals surface area contributed by atoms with Gasteiger partial charge in [-0.1, -0.05) is 30.9 Å². The van der Waals surface area contributed by atoms with Crippen LogP contribution in [0.4, 0.5) is 57.1 Å². The Bertz CT molecular complexity index is 725. The molecule has 0 radical (unpaired) electrons. The molecule has 0 amide bonds. The Labute approximate surface area is 153 Å². The van der Waals surface area contributed by atoms with Crippen LogP contribution in [-0.4, -0.2) is 36.0 Å². The summed E-state index contributed by atoms with van der Waals surface area (Å²) in [6.07, 6.45) is -9.91. The van der Waals surface area contributed by atoms with Crippen molar-refractivity contribution in [2.45, 2.75) is 42.4 Å². The number of alkyl halides is 13. The van der Waals surface area contributed by atoms with Gasteiger partial charge in [0.2, 0.25) is 0 Å².